The summed E-state index contributed by atoms with van der Waals surface area (Å²) in [5, 5.41) is 0. The molecule has 0 aromatic carbocycles. The van der Waals surface area contributed by atoms with E-state index >= 15 is 0 Å². The quantitative estimate of drug-likeness (QED) is 0.449. The van der Waals surface area contributed by atoms with Crippen molar-refractivity contribution in [3.05, 3.63) is 0 Å². The molecule has 0 aliphatic rings. The Morgan fingerprint density at radius 1 is 1.12 bits per heavy atom. The van der Waals surface area contributed by atoms with Gasteiger partial charge in [0.25, 0.3) is 0 Å². The summed E-state index contributed by atoms with van der Waals surface area (Å²) in [6.07, 6.45) is -6.02. The van der Waals surface area contributed by atoms with Gasteiger partial charge >= 0.3 is 12.1 Å². The first-order valence-electron chi connectivity index (χ1n) is 2.94. The Kier molecular flexibility index (Phi) is 0.710. The minimum absolute atomic E-state index is 4.33. The van der Waals surface area contributed by atoms with Crippen LogP contribution in [0.1, 0.15) is 11.0 Å². The molecule has 0 unspecified atom stereocenters. The molecule has 0 saturated carbocycles. The van der Waals surface area contributed by atoms with Gasteiger partial charge in [-0.15, -0.1) is 0 Å². The molecular formula is C3H3F5. The highest BCUT2D eigenvalue weighted by molar-refractivity contribution is 4.67. The number of hydrogen-bond donors (Lipinski definition) is 0. The van der Waals surface area contributed by atoms with Crippen LogP contribution >= 0.6 is 0 Å². The first-order valence-corrected chi connectivity index (χ1v) is 1.44. The molecule has 0 N–H and O–H groups in total. The number of alkyl halides is 5. The van der Waals surface area contributed by atoms with E-state index in [1.807, 2.05) is 0 Å². The van der Waals surface area contributed by atoms with Gasteiger partial charge in [0, 0.05) is 11.0 Å². The van der Waals surface area contributed by atoms with Crippen LogP contribution in [0.3, 0.4) is 0 Å². The molecule has 0 aromatic heterocycles. The fourth-order valence-corrected chi connectivity index (χ4v) is 0. The van der Waals surface area contributed by atoms with Crippen LogP contribution in [0.2, 0.25) is 0 Å². The van der Waals surface area contributed by atoms with Gasteiger partial charge in [0.1, 0.15) is 0 Å². The summed E-state index contributed by atoms with van der Waals surface area (Å²) in [5.41, 5.74) is 0. The van der Waals surface area contributed by atoms with Gasteiger partial charge in [-0.25, -0.2) is 0 Å². The van der Waals surface area contributed by atoms with Gasteiger partial charge in [0.15, 0.2) is 0 Å². The topological polar surface area (TPSA) is 0 Å². The van der Waals surface area contributed by atoms with Gasteiger partial charge in [-0.1, -0.05) is 0 Å². The molecule has 0 radical (unpaired) electrons. The van der Waals surface area contributed by atoms with E-state index in [4.69, 9.17) is 4.11 Å². The van der Waals surface area contributed by atoms with Crippen LogP contribution in [-0.2, 0) is 0 Å². The molecule has 0 atom stereocenters. The Bertz CT molecular complexity index is 128. The lowest BCUT2D eigenvalue weighted by atomic mass is 10.4. The number of halogens is 5. The highest BCUT2D eigenvalue weighted by atomic mass is 19.4. The van der Waals surface area contributed by atoms with Crippen molar-refractivity contribution in [1.82, 2.24) is 0 Å². The predicted octanol–water partition coefficient (Wildman–Crippen LogP) is 2.20. The summed E-state index contributed by atoms with van der Waals surface area (Å²) in [5.74, 6) is -5.62. The van der Waals surface area contributed by atoms with Crippen molar-refractivity contribution in [2.24, 2.45) is 0 Å². The van der Waals surface area contributed by atoms with E-state index in [1.54, 1.807) is 0 Å². The molecule has 0 saturated heterocycles. The first kappa shape index (κ1) is 3.63. The fraction of sp³-hybridized carbons (Fsp3) is 1.00. The monoisotopic (exact) mass is 137 g/mol. The highest BCUT2D eigenvalue weighted by Gasteiger charge is 2.52. The summed E-state index contributed by atoms with van der Waals surface area (Å²) >= 11 is 0. The van der Waals surface area contributed by atoms with Gasteiger partial charge in [-0.2, -0.15) is 22.0 Å². The average molecular weight is 137 g/mol. The van der Waals surface area contributed by atoms with Crippen molar-refractivity contribution < 1.29 is 26.1 Å². The summed E-state index contributed by atoms with van der Waals surface area (Å²) in [6.45, 7) is -4.33. The predicted molar refractivity (Wildman–Crippen MR) is 16.7 cm³/mol. The third-order valence-electron chi connectivity index (χ3n) is 0.356. The van der Waals surface area contributed by atoms with E-state index in [0.717, 1.165) is 0 Å². The van der Waals surface area contributed by atoms with Gasteiger partial charge < -0.3 is 0 Å². The van der Waals surface area contributed by atoms with Crippen LogP contribution in [0.4, 0.5) is 22.0 Å². The minimum Gasteiger partial charge on any atom is -0.197 e. The summed E-state index contributed by atoms with van der Waals surface area (Å²) in [7, 11) is 0. The molecule has 0 aliphatic carbocycles. The molecule has 0 nitrogen and oxygen atoms in total. The molecule has 0 amide bonds. The molecule has 0 spiro atoms. The van der Waals surface area contributed by atoms with Crippen molar-refractivity contribution in [1.29, 1.82) is 0 Å². The SMILES string of the molecule is [2H]C([2H])([2H])C(F)(F)C(F)(F)F. The Hall–Kier alpha value is -0.350. The lowest BCUT2D eigenvalue weighted by Gasteiger charge is -2.12. The lowest BCUT2D eigenvalue weighted by Crippen LogP contribution is -2.32. The molecular weight excluding hydrogens is 131 g/mol. The van der Waals surface area contributed by atoms with Crippen LogP contribution in [0.15, 0.2) is 0 Å². The maximum absolute atomic E-state index is 11.8. The molecule has 0 aliphatic heterocycles. The second kappa shape index (κ2) is 1.56. The van der Waals surface area contributed by atoms with Crippen LogP contribution in [0.5, 0.6) is 0 Å². The van der Waals surface area contributed by atoms with E-state index in [2.05, 4.69) is 0 Å². The van der Waals surface area contributed by atoms with Crippen molar-refractivity contribution in [3.8, 4) is 0 Å². The molecule has 0 fully saturated rings. The normalized spacial score (nSPS) is 21.4. The Labute approximate surface area is 46.5 Å². The molecule has 0 bridgehead atoms. The third kappa shape index (κ3) is 1.63. The number of rotatable bonds is 0. The summed E-state index contributed by atoms with van der Waals surface area (Å²) in [4.78, 5) is 0. The Morgan fingerprint density at radius 3 is 1.50 bits per heavy atom. The van der Waals surface area contributed by atoms with Crippen molar-refractivity contribution in [2.45, 2.75) is 19.0 Å². The van der Waals surface area contributed by atoms with E-state index in [9.17, 15) is 22.0 Å². The summed E-state index contributed by atoms with van der Waals surface area (Å²) in [6, 6.07) is 0. The molecule has 0 rings (SSSR count). The highest BCUT2D eigenvalue weighted by Crippen LogP contribution is 2.34. The second-order valence-corrected chi connectivity index (χ2v) is 1.07. The molecule has 0 aromatic rings. The van der Waals surface area contributed by atoms with E-state index in [0.29, 0.717) is 0 Å². The van der Waals surface area contributed by atoms with Crippen molar-refractivity contribution >= 4 is 0 Å². The molecule has 5 heteroatoms. The van der Waals surface area contributed by atoms with Crippen LogP contribution in [-0.4, -0.2) is 12.1 Å². The average Bonchev–Trinajstić information content (AvgIpc) is 1.58. The molecule has 0 heterocycles. The number of hydrogen-bond acceptors (Lipinski definition) is 0. The standard InChI is InChI=1S/C3H3F5/c1-2(4,5)3(6,7)8/h1H3/i1D3. The third-order valence-corrected chi connectivity index (χ3v) is 0.356. The maximum Gasteiger partial charge on any atom is 0.452 e. The van der Waals surface area contributed by atoms with Crippen LogP contribution < -0.4 is 0 Å². The first-order chi connectivity index (χ1) is 4.50. The van der Waals surface area contributed by atoms with E-state index in [1.165, 1.54) is 0 Å². The fourth-order valence-electron chi connectivity index (χ4n) is 0. The van der Waals surface area contributed by atoms with E-state index in [-0.39, 0.29) is 0 Å². The van der Waals surface area contributed by atoms with E-state index < -0.39 is 19.0 Å². The Balaban J connectivity index is 4.75. The Morgan fingerprint density at radius 2 is 1.50 bits per heavy atom. The largest absolute Gasteiger partial charge is 0.452 e. The zero-order valence-electron chi connectivity index (χ0n) is 6.39. The van der Waals surface area contributed by atoms with Gasteiger partial charge in [0.2, 0.25) is 0 Å². The molecule has 50 valence electrons. The van der Waals surface area contributed by atoms with Crippen LogP contribution in [0.25, 0.3) is 0 Å². The van der Waals surface area contributed by atoms with Gasteiger partial charge in [0.05, 0.1) is 0 Å². The van der Waals surface area contributed by atoms with Crippen molar-refractivity contribution in [3.63, 3.8) is 0 Å². The molecule has 8 heavy (non-hydrogen) atoms. The van der Waals surface area contributed by atoms with Gasteiger partial charge in [-0.3, -0.25) is 0 Å². The summed E-state index contributed by atoms with van der Waals surface area (Å²) < 4.78 is 74.7. The zero-order valence-corrected chi connectivity index (χ0v) is 3.39. The lowest BCUT2D eigenvalue weighted by molar-refractivity contribution is -0.273. The minimum atomic E-state index is -6.02. The van der Waals surface area contributed by atoms with Crippen LogP contribution in [0, 0.1) is 0 Å². The zero-order chi connectivity index (χ0) is 9.50. The van der Waals surface area contributed by atoms with Gasteiger partial charge in [-0.05, 0) is 0 Å². The second-order valence-electron chi connectivity index (χ2n) is 1.07. The smallest absolute Gasteiger partial charge is 0.197 e. The maximum atomic E-state index is 11.8. The van der Waals surface area contributed by atoms with Crippen molar-refractivity contribution in [2.75, 3.05) is 0 Å².